The lowest BCUT2D eigenvalue weighted by Crippen LogP contribution is -2.60. The van der Waals surface area contributed by atoms with E-state index in [2.05, 4.69) is 104 Å². The number of carbonyl (C=O) groups excluding carboxylic acids is 5. The molecule has 0 radical (unpaired) electrons. The number of amides is 5. The highest BCUT2D eigenvalue weighted by Crippen LogP contribution is 2.41. The van der Waals surface area contributed by atoms with Gasteiger partial charge in [0.1, 0.15) is 79.6 Å². The molecular weight excluding hydrogens is 1750 g/mol. The number of fused-ring (bicyclic) bond motifs is 4. The number of carboxylic acids is 1. The maximum atomic E-state index is 13.7. The first kappa shape index (κ1) is 106. The molecule has 8 atom stereocenters. The summed E-state index contributed by atoms with van der Waals surface area (Å²) in [6.45, 7) is 29.3. The topological polar surface area (TPSA) is 491 Å². The average Bonchev–Trinajstić information content (AvgIpc) is 0.785. The number of rotatable bonds is 13. The molecule has 8 aromatic rings. The molecular formula is C87H106F12N24O9. The van der Waals surface area contributed by atoms with Gasteiger partial charge in [-0.25, -0.2) is 14.4 Å². The van der Waals surface area contributed by atoms with Gasteiger partial charge >= 0.3 is 42.9 Å². The zero-order valence-corrected chi connectivity index (χ0v) is 74.0. The Labute approximate surface area is 753 Å². The Morgan fingerprint density at radius 2 is 0.629 bits per heavy atom. The molecule has 45 heteroatoms. The Bertz CT molecular complexity index is 5510. The van der Waals surface area contributed by atoms with Crippen molar-refractivity contribution in [2.75, 3.05) is 72.0 Å². The number of benzene rings is 4. The van der Waals surface area contributed by atoms with E-state index in [1.807, 2.05) is 68.4 Å². The van der Waals surface area contributed by atoms with Crippen LogP contribution in [-0.4, -0.2) is 217 Å². The van der Waals surface area contributed by atoms with E-state index in [0.29, 0.717) is 117 Å². The second kappa shape index (κ2) is 42.0. The van der Waals surface area contributed by atoms with E-state index >= 15 is 0 Å². The highest BCUT2D eigenvalue weighted by molar-refractivity contribution is 5.96. The van der Waals surface area contributed by atoms with Crippen LogP contribution in [-0.2, 0) is 28.7 Å². The molecule has 4 aromatic heterocycles. The molecule has 4 saturated heterocycles. The third-order valence-corrected chi connectivity index (χ3v) is 20.5. The smallest absolute Gasteiger partial charge is 0.419 e. The third-order valence-electron chi connectivity index (χ3n) is 20.5. The van der Waals surface area contributed by atoms with Gasteiger partial charge in [0.05, 0.1) is 45.0 Å². The fourth-order valence-corrected chi connectivity index (χ4v) is 15.8. The molecule has 4 aliphatic heterocycles. The number of hydrogen-bond donors (Lipinski definition) is 9. The number of aliphatic carboxylic acids is 1. The van der Waals surface area contributed by atoms with E-state index in [1.165, 1.54) is 84.0 Å². The second-order valence-corrected chi connectivity index (χ2v) is 37.0. The van der Waals surface area contributed by atoms with Crippen LogP contribution in [0.2, 0.25) is 0 Å². The summed E-state index contributed by atoms with van der Waals surface area (Å²) in [5.41, 5.74) is 22.5. The number of anilines is 4. The average molecular weight is 1860 g/mol. The number of ether oxygens (including phenoxy) is 2. The minimum Gasteiger partial charge on any atom is -0.479 e. The van der Waals surface area contributed by atoms with Crippen LogP contribution in [0, 0.1) is 67.0 Å². The number of nitrogens with one attached hydrogen (secondary N) is 5. The summed E-state index contributed by atoms with van der Waals surface area (Å²) < 4.78 is 163. The number of piperidine rings is 4. The van der Waals surface area contributed by atoms with Crippen molar-refractivity contribution in [2.24, 2.45) is 38.9 Å². The molecule has 12 rings (SSSR count). The van der Waals surface area contributed by atoms with E-state index in [1.54, 1.807) is 54.1 Å². The SMILES string of the molecule is C.CC(C)(C)OC(=O)NC(C(=O)O)C(F)(F)F.CC1(C)C[C@@H](N)CN(c2ccc(C#N)c3nccnc23)C1.CC1(C)C[C@@H](NC(=O)C(N)C(F)(F)F)CN(c2ccc(C#N)c3nccnc23)C1.CC1(C)C[C@@H](NC(=O)C(N)C(F)(F)F)CN(c2ccc(C#N)c3nccnc23)C1.CC1(C)C[C@@H](NC(=O)C(NC(=O)OC(C)(C)C)C(F)(F)F)CN(c2ccc(C#N)c3nccnc23)C1. The largest absolute Gasteiger partial charge is 0.479 e. The van der Waals surface area contributed by atoms with E-state index < -0.39 is 114 Å². The Morgan fingerprint density at radius 3 is 0.856 bits per heavy atom. The fraction of sp³-hybridized carbons (Fsp3) is 0.517. The number of nitrogens with two attached hydrogens (primary N) is 3. The van der Waals surface area contributed by atoms with Crippen molar-refractivity contribution in [1.82, 2.24) is 66.5 Å². The van der Waals surface area contributed by atoms with Crippen molar-refractivity contribution in [3.63, 3.8) is 0 Å². The summed E-state index contributed by atoms with van der Waals surface area (Å²) in [4.78, 5) is 112. The number of nitrogens with zero attached hydrogens (tertiary/aromatic N) is 16. The third kappa shape index (κ3) is 28.9. The lowest BCUT2D eigenvalue weighted by Gasteiger charge is -2.44. The minimum atomic E-state index is -5.07. The van der Waals surface area contributed by atoms with E-state index in [0.717, 1.165) is 30.7 Å². The Morgan fingerprint density at radius 1 is 0.394 bits per heavy atom. The lowest BCUT2D eigenvalue weighted by atomic mass is 9.81. The predicted octanol–water partition coefficient (Wildman–Crippen LogP) is 12.1. The molecule has 0 spiro atoms. The molecule has 4 fully saturated rings. The number of alkyl carbamates (subject to hydrolysis) is 2. The van der Waals surface area contributed by atoms with Gasteiger partial charge in [0.2, 0.25) is 23.9 Å². The van der Waals surface area contributed by atoms with Gasteiger partial charge in [-0.05, 0) is 137 Å². The van der Waals surface area contributed by atoms with Crippen LogP contribution in [0.25, 0.3) is 44.1 Å². The van der Waals surface area contributed by atoms with E-state index in [-0.39, 0.29) is 54.8 Å². The summed E-state index contributed by atoms with van der Waals surface area (Å²) in [5, 5.41) is 55.7. The summed E-state index contributed by atoms with van der Waals surface area (Å²) >= 11 is 0. The van der Waals surface area contributed by atoms with Crippen molar-refractivity contribution >= 4 is 103 Å². The van der Waals surface area contributed by atoms with Crippen molar-refractivity contribution in [3.05, 3.63) is 120 Å². The number of alkyl halides is 12. The van der Waals surface area contributed by atoms with Crippen molar-refractivity contribution in [3.8, 4) is 24.3 Å². The quantitative estimate of drug-likeness (QED) is 0.0484. The number of nitriles is 4. The molecule has 12 N–H and O–H groups in total. The van der Waals surface area contributed by atoms with Gasteiger partial charge < -0.3 is 72.6 Å². The van der Waals surface area contributed by atoms with Crippen LogP contribution in [0.1, 0.15) is 152 Å². The Kier molecular flexibility index (Phi) is 33.7. The summed E-state index contributed by atoms with van der Waals surface area (Å²) in [6.07, 6.45) is -7.74. The highest BCUT2D eigenvalue weighted by Gasteiger charge is 2.51. The lowest BCUT2D eigenvalue weighted by molar-refractivity contribution is -0.179. The van der Waals surface area contributed by atoms with Crippen LogP contribution >= 0.6 is 0 Å². The first-order chi connectivity index (χ1) is 60.6. The number of carboxylic acid groups (broad SMARTS) is 1. The number of carbonyl (C=O) groups is 6. The van der Waals surface area contributed by atoms with Gasteiger partial charge in [-0.15, -0.1) is 0 Å². The van der Waals surface area contributed by atoms with Crippen LogP contribution in [0.4, 0.5) is 85.0 Å². The van der Waals surface area contributed by atoms with Crippen LogP contribution < -0.4 is 63.4 Å². The van der Waals surface area contributed by atoms with Crippen molar-refractivity contribution in [2.45, 2.75) is 214 Å². The summed E-state index contributed by atoms with van der Waals surface area (Å²) in [7, 11) is 0. The van der Waals surface area contributed by atoms with Crippen LogP contribution in [0.15, 0.2) is 98.1 Å². The first-order valence-corrected chi connectivity index (χ1v) is 40.8. The maximum Gasteiger partial charge on any atom is 0.419 e. The molecule has 0 saturated carbocycles. The van der Waals surface area contributed by atoms with Gasteiger partial charge in [-0.1, -0.05) is 62.8 Å². The molecule has 4 aliphatic rings. The zero-order valence-electron chi connectivity index (χ0n) is 74.0. The monoisotopic (exact) mass is 1860 g/mol. The molecule has 0 bridgehead atoms. The van der Waals surface area contributed by atoms with Crippen LogP contribution in [0.3, 0.4) is 0 Å². The second-order valence-electron chi connectivity index (χ2n) is 37.0. The Hall–Kier alpha value is -13.1. The molecule has 8 heterocycles. The number of aromatic nitrogens is 8. The van der Waals surface area contributed by atoms with Gasteiger partial charge in [0.15, 0.2) is 12.1 Å². The molecule has 4 unspecified atom stereocenters. The molecule has 0 aliphatic carbocycles. The van der Waals surface area contributed by atoms with Crippen molar-refractivity contribution < 1.29 is 96.0 Å². The summed E-state index contributed by atoms with van der Waals surface area (Å²) in [5.74, 6) is -6.06. The van der Waals surface area contributed by atoms with Gasteiger partial charge in [-0.3, -0.25) is 59.6 Å². The van der Waals surface area contributed by atoms with E-state index in [9.17, 15) is 102 Å². The van der Waals surface area contributed by atoms with E-state index in [4.69, 9.17) is 27.0 Å². The standard InChI is InChI=1S/C24H29F3N6O3.2C19H21F3N6O.C16H19N5.C8H12F3NO4.CH4/c1-22(2,3)36-21(35)32-19(24(25,26)27)20(34)31-15-10-23(4,5)13-33(12-15)16-7-6-14(11-28)17-18(16)30-9-8-29-17;2*1-18(2)7-12(27-17(29)16(24)19(20,21)22)9-28(10-18)13-4-3-11(8-23)14-15(13)26-6-5-25-14;1-16(2)7-12(18)9-21(10-16)13-4-3-11(8-17)14-15(13)20-6-5-19-14;1-7(2,3)16-6(15)12-4(5(13)14)8(9,10)11;/h6-9,15,19H,10,12-13H2,1-5H3,(H,31,34)(H,32,35);2*3-6,12,16H,7,9-10,24H2,1-2H3,(H,27,29);3-6,12H,7,9-10,18H2,1-2H3;4H,1-3H3,(H,12,15)(H,13,14);1H4/t15-,19?;2*12-,16?;12-;;/m1111../s1. The van der Waals surface area contributed by atoms with Gasteiger partial charge in [0, 0.05) is 126 Å². The molecule has 5 amide bonds. The number of hydrogen-bond acceptors (Lipinski definition) is 27. The minimum absolute atomic E-state index is 0. The normalized spacial score (nSPS) is 19.1. The summed E-state index contributed by atoms with van der Waals surface area (Å²) in [6, 6.07) is 9.87. The van der Waals surface area contributed by atoms with Crippen molar-refractivity contribution in [1.29, 1.82) is 21.0 Å². The molecule has 33 nitrogen and oxygen atoms in total. The van der Waals surface area contributed by atoms with Gasteiger partial charge in [-0.2, -0.15) is 73.7 Å². The molecule has 712 valence electrons. The predicted molar refractivity (Wildman–Crippen MR) is 464 cm³/mol. The molecule has 4 aromatic carbocycles. The zero-order chi connectivity index (χ0) is 97.9. The maximum absolute atomic E-state index is 13.7. The highest BCUT2D eigenvalue weighted by atomic mass is 19.4. The number of halogens is 12. The van der Waals surface area contributed by atoms with Crippen LogP contribution in [0.5, 0.6) is 0 Å². The first-order valence-electron chi connectivity index (χ1n) is 40.8. The fourth-order valence-electron chi connectivity index (χ4n) is 15.8. The van der Waals surface area contributed by atoms with Gasteiger partial charge in [0.25, 0.3) is 5.91 Å². The Balaban J connectivity index is 0.000000230. The molecule has 132 heavy (non-hydrogen) atoms.